The predicted molar refractivity (Wildman–Crippen MR) is 63.7 cm³/mol. The molecule has 1 amide bonds. The normalized spacial score (nSPS) is 19.4. The minimum absolute atomic E-state index is 0.0167. The van der Waals surface area contributed by atoms with Crippen LogP contribution in [0.5, 0.6) is 0 Å². The highest BCUT2D eigenvalue weighted by Crippen LogP contribution is 2.24. The molecule has 0 radical (unpaired) electrons. The molecular formula is C11H11BrF2N2O. The van der Waals surface area contributed by atoms with Gasteiger partial charge in [0.1, 0.15) is 11.6 Å². The maximum Gasteiger partial charge on any atom is 0.241 e. The molecule has 3 nitrogen and oxygen atoms in total. The van der Waals surface area contributed by atoms with Crippen LogP contribution in [-0.2, 0) is 4.79 Å². The second kappa shape index (κ2) is 5.10. The molecule has 1 saturated heterocycles. The Morgan fingerprint density at radius 3 is 2.82 bits per heavy atom. The molecule has 0 aliphatic carbocycles. The molecule has 0 unspecified atom stereocenters. The van der Waals surface area contributed by atoms with Gasteiger partial charge in [-0.2, -0.15) is 0 Å². The fraction of sp³-hybridized carbons (Fsp3) is 0.364. The summed E-state index contributed by atoms with van der Waals surface area (Å²) in [5.74, 6) is -1.77. The second-order valence-corrected chi connectivity index (χ2v) is 4.74. The van der Waals surface area contributed by atoms with Crippen LogP contribution >= 0.6 is 15.9 Å². The second-order valence-electron chi connectivity index (χ2n) is 3.88. The van der Waals surface area contributed by atoms with Gasteiger partial charge in [-0.1, -0.05) is 0 Å². The Bertz CT molecular complexity index is 447. The number of hydrogen-bond donors (Lipinski definition) is 2. The van der Waals surface area contributed by atoms with Gasteiger partial charge in [-0.3, -0.25) is 4.79 Å². The van der Waals surface area contributed by atoms with Crippen molar-refractivity contribution in [2.75, 3.05) is 11.9 Å². The topological polar surface area (TPSA) is 41.1 Å². The van der Waals surface area contributed by atoms with Gasteiger partial charge in [0.25, 0.3) is 0 Å². The lowest BCUT2D eigenvalue weighted by atomic mass is 10.2. The lowest BCUT2D eigenvalue weighted by Crippen LogP contribution is -2.35. The van der Waals surface area contributed by atoms with Crippen LogP contribution in [-0.4, -0.2) is 18.5 Å². The predicted octanol–water partition coefficient (Wildman–Crippen LogP) is 2.42. The van der Waals surface area contributed by atoms with Gasteiger partial charge in [-0.15, -0.1) is 0 Å². The van der Waals surface area contributed by atoms with Gasteiger partial charge in [-0.05, 0) is 41.4 Å². The van der Waals surface area contributed by atoms with Crippen LogP contribution in [0.15, 0.2) is 16.6 Å². The van der Waals surface area contributed by atoms with E-state index in [0.717, 1.165) is 25.5 Å². The molecule has 0 aromatic heterocycles. The molecule has 0 bridgehead atoms. The Hall–Kier alpha value is -1.01. The van der Waals surface area contributed by atoms with E-state index in [-0.39, 0.29) is 22.1 Å². The highest BCUT2D eigenvalue weighted by atomic mass is 79.9. The summed E-state index contributed by atoms with van der Waals surface area (Å²) >= 11 is 2.95. The fourth-order valence-corrected chi connectivity index (χ4v) is 2.09. The number of benzene rings is 1. The highest BCUT2D eigenvalue weighted by molar-refractivity contribution is 9.10. The van der Waals surface area contributed by atoms with E-state index in [9.17, 15) is 13.6 Å². The first-order chi connectivity index (χ1) is 8.08. The number of nitrogens with one attached hydrogen (secondary N) is 2. The van der Waals surface area contributed by atoms with Gasteiger partial charge < -0.3 is 10.6 Å². The third-order valence-electron chi connectivity index (χ3n) is 2.64. The van der Waals surface area contributed by atoms with Gasteiger partial charge in [0.2, 0.25) is 5.91 Å². The van der Waals surface area contributed by atoms with Crippen molar-refractivity contribution in [3.05, 3.63) is 28.2 Å². The number of amides is 1. The maximum absolute atomic E-state index is 13.4. The smallest absolute Gasteiger partial charge is 0.241 e. The summed E-state index contributed by atoms with van der Waals surface area (Å²) in [7, 11) is 0. The third kappa shape index (κ3) is 2.81. The SMILES string of the molecule is O=C(Nc1cc(Br)c(F)cc1F)[C@@H]1CCCN1. The molecule has 1 aromatic rings. The van der Waals surface area contributed by atoms with E-state index in [0.29, 0.717) is 0 Å². The van der Waals surface area contributed by atoms with Crippen LogP contribution in [0.25, 0.3) is 0 Å². The van der Waals surface area contributed by atoms with Crippen molar-refractivity contribution in [1.29, 1.82) is 0 Å². The van der Waals surface area contributed by atoms with Crippen LogP contribution in [0.3, 0.4) is 0 Å². The summed E-state index contributed by atoms with van der Waals surface area (Å²) in [6.45, 7) is 0.785. The van der Waals surface area contributed by atoms with Crippen molar-refractivity contribution in [3.63, 3.8) is 0 Å². The quantitative estimate of drug-likeness (QED) is 0.824. The zero-order valence-electron chi connectivity index (χ0n) is 8.90. The zero-order chi connectivity index (χ0) is 12.4. The lowest BCUT2D eigenvalue weighted by molar-refractivity contribution is -0.117. The molecule has 92 valence electrons. The van der Waals surface area contributed by atoms with Crippen LogP contribution in [0, 0.1) is 11.6 Å². The molecule has 1 atom stereocenters. The van der Waals surface area contributed by atoms with Crippen molar-refractivity contribution in [2.45, 2.75) is 18.9 Å². The van der Waals surface area contributed by atoms with Crippen molar-refractivity contribution in [2.24, 2.45) is 0 Å². The number of rotatable bonds is 2. The van der Waals surface area contributed by atoms with Crippen molar-refractivity contribution >= 4 is 27.5 Å². The summed E-state index contributed by atoms with van der Waals surface area (Å²) in [5.41, 5.74) is -0.0167. The first-order valence-electron chi connectivity index (χ1n) is 5.26. The van der Waals surface area contributed by atoms with Gasteiger partial charge in [0.15, 0.2) is 0 Å². The molecule has 1 heterocycles. The molecular weight excluding hydrogens is 294 g/mol. The molecule has 17 heavy (non-hydrogen) atoms. The largest absolute Gasteiger partial charge is 0.322 e. The number of hydrogen-bond acceptors (Lipinski definition) is 2. The average molecular weight is 305 g/mol. The number of carbonyl (C=O) groups is 1. The molecule has 1 fully saturated rings. The van der Waals surface area contributed by atoms with E-state index < -0.39 is 11.6 Å². The van der Waals surface area contributed by atoms with E-state index in [4.69, 9.17) is 0 Å². The Morgan fingerprint density at radius 1 is 1.41 bits per heavy atom. The first kappa shape index (κ1) is 12.4. The summed E-state index contributed by atoms with van der Waals surface area (Å²) in [5, 5.41) is 5.45. The molecule has 2 rings (SSSR count). The zero-order valence-corrected chi connectivity index (χ0v) is 10.5. The summed E-state index contributed by atoms with van der Waals surface area (Å²) in [6, 6.07) is 1.66. The van der Waals surface area contributed by atoms with Gasteiger partial charge in [0.05, 0.1) is 16.2 Å². The Labute approximate surface area is 106 Å². The van der Waals surface area contributed by atoms with Crippen LogP contribution in [0.2, 0.25) is 0 Å². The van der Waals surface area contributed by atoms with Crippen molar-refractivity contribution in [3.8, 4) is 0 Å². The third-order valence-corrected chi connectivity index (χ3v) is 3.25. The molecule has 2 N–H and O–H groups in total. The van der Waals surface area contributed by atoms with Gasteiger partial charge in [-0.25, -0.2) is 8.78 Å². The summed E-state index contributed by atoms with van der Waals surface area (Å²) < 4.78 is 26.5. The Kier molecular flexibility index (Phi) is 3.73. The molecule has 6 heteroatoms. The van der Waals surface area contributed by atoms with Crippen molar-refractivity contribution < 1.29 is 13.6 Å². The van der Waals surface area contributed by atoms with Crippen LogP contribution < -0.4 is 10.6 Å². The average Bonchev–Trinajstić information content (AvgIpc) is 2.79. The summed E-state index contributed by atoms with van der Waals surface area (Å²) in [6.07, 6.45) is 1.66. The van der Waals surface area contributed by atoms with E-state index >= 15 is 0 Å². The standard InChI is InChI=1S/C11H11BrF2N2O/c12-6-4-10(8(14)5-7(6)13)16-11(17)9-2-1-3-15-9/h4-5,9,15H,1-3H2,(H,16,17)/t9-/m0/s1. The number of carbonyl (C=O) groups excluding carboxylic acids is 1. The Morgan fingerprint density at radius 2 is 2.18 bits per heavy atom. The van der Waals surface area contributed by atoms with Gasteiger partial charge in [0, 0.05) is 6.07 Å². The fourth-order valence-electron chi connectivity index (χ4n) is 1.75. The molecule has 1 aliphatic heterocycles. The maximum atomic E-state index is 13.4. The minimum atomic E-state index is -0.781. The van der Waals surface area contributed by atoms with E-state index in [1.54, 1.807) is 0 Å². The van der Waals surface area contributed by atoms with Gasteiger partial charge >= 0.3 is 0 Å². The monoisotopic (exact) mass is 304 g/mol. The first-order valence-corrected chi connectivity index (χ1v) is 6.06. The van der Waals surface area contributed by atoms with Crippen LogP contribution in [0.4, 0.5) is 14.5 Å². The minimum Gasteiger partial charge on any atom is -0.322 e. The molecule has 0 saturated carbocycles. The molecule has 1 aliphatic rings. The highest BCUT2D eigenvalue weighted by Gasteiger charge is 2.23. The number of halogens is 3. The number of anilines is 1. The summed E-state index contributed by atoms with van der Waals surface area (Å²) in [4.78, 5) is 11.7. The molecule has 1 aromatic carbocycles. The van der Waals surface area contributed by atoms with E-state index in [1.165, 1.54) is 6.07 Å². The van der Waals surface area contributed by atoms with Crippen molar-refractivity contribution in [1.82, 2.24) is 5.32 Å². The van der Waals surface area contributed by atoms with E-state index in [2.05, 4.69) is 26.6 Å². The molecule has 0 spiro atoms. The lowest BCUT2D eigenvalue weighted by Gasteiger charge is -2.12. The van der Waals surface area contributed by atoms with Crippen LogP contribution in [0.1, 0.15) is 12.8 Å². The Balaban J connectivity index is 2.12. The van der Waals surface area contributed by atoms with E-state index in [1.807, 2.05) is 0 Å².